The summed E-state index contributed by atoms with van der Waals surface area (Å²) in [5, 5.41) is 14.5. The van der Waals surface area contributed by atoms with Gasteiger partial charge in [0.2, 0.25) is 11.0 Å². The van der Waals surface area contributed by atoms with Gasteiger partial charge in [0.1, 0.15) is 22.6 Å². The zero-order valence-corrected chi connectivity index (χ0v) is 23.3. The van der Waals surface area contributed by atoms with E-state index < -0.39 is 30.1 Å². The van der Waals surface area contributed by atoms with Crippen molar-refractivity contribution in [2.45, 2.75) is 51.7 Å². The highest BCUT2D eigenvalue weighted by atomic mass is 32.1. The molecule has 3 aromatic rings. The second kappa shape index (κ2) is 15.1. The van der Waals surface area contributed by atoms with Gasteiger partial charge in [0.05, 0.1) is 13.0 Å². The molecule has 0 bridgehead atoms. The van der Waals surface area contributed by atoms with Gasteiger partial charge in [0.25, 0.3) is 5.91 Å². The third kappa shape index (κ3) is 11.3. The van der Waals surface area contributed by atoms with E-state index in [1.165, 1.54) is 12.1 Å². The number of hydrogen-bond donors (Lipinski definition) is 4. The second-order valence-corrected chi connectivity index (χ2v) is 10.1. The molecule has 42 heavy (non-hydrogen) atoms. The van der Waals surface area contributed by atoms with Crippen LogP contribution in [0.25, 0.3) is 0 Å². The summed E-state index contributed by atoms with van der Waals surface area (Å²) < 4.78 is 55.6. The Labute approximate surface area is 242 Å². The van der Waals surface area contributed by atoms with Crippen molar-refractivity contribution in [3.63, 3.8) is 0 Å². The summed E-state index contributed by atoms with van der Waals surface area (Å²) in [5.74, 6) is 4.28. The van der Waals surface area contributed by atoms with Crippen molar-refractivity contribution < 1.29 is 31.9 Å². The number of hydrogen-bond acceptors (Lipinski definition) is 10. The van der Waals surface area contributed by atoms with Gasteiger partial charge in [-0.15, -0.1) is 23.4 Å². The topological polar surface area (TPSA) is 161 Å². The zero-order valence-electron chi connectivity index (χ0n) is 22.5. The molecule has 1 aromatic carbocycles. The number of rotatable bonds is 14. The number of carbonyl (C=O) groups is 2. The first kappa shape index (κ1) is 32.2. The molecule has 0 saturated carbocycles. The molecule has 1 atom stereocenters. The predicted molar refractivity (Wildman–Crippen MR) is 147 cm³/mol. The van der Waals surface area contributed by atoms with Crippen LogP contribution in [0.3, 0.4) is 0 Å². The average Bonchev–Trinajstić information content (AvgIpc) is 3.36. The summed E-state index contributed by atoms with van der Waals surface area (Å²) >= 11 is 1.04. The third-order valence-electron chi connectivity index (χ3n) is 5.57. The van der Waals surface area contributed by atoms with Gasteiger partial charge in [-0.1, -0.05) is 36.5 Å². The number of alkyl halides is 4. The second-order valence-electron chi connectivity index (χ2n) is 9.08. The van der Waals surface area contributed by atoms with Crippen LogP contribution < -0.4 is 26.9 Å². The minimum atomic E-state index is -4.84. The maximum Gasteiger partial charge on any atom is 0.573 e. The first-order valence-corrected chi connectivity index (χ1v) is 13.5. The zero-order chi connectivity index (χ0) is 30.7. The maximum absolute atomic E-state index is 14.5. The number of aromatic nitrogens is 3. The van der Waals surface area contributed by atoms with Gasteiger partial charge >= 0.3 is 6.36 Å². The van der Waals surface area contributed by atoms with Gasteiger partial charge in [-0.05, 0) is 41.7 Å². The minimum Gasteiger partial charge on any atom is -0.406 e. The molecule has 1 unspecified atom stereocenters. The first-order valence-electron chi connectivity index (χ1n) is 12.7. The molecule has 11 nitrogen and oxygen atoms in total. The van der Waals surface area contributed by atoms with Crippen molar-refractivity contribution in [3.8, 4) is 5.75 Å². The van der Waals surface area contributed by atoms with Crippen LogP contribution in [0.15, 0.2) is 54.6 Å². The Balaban J connectivity index is 1.40. The highest BCUT2D eigenvalue weighted by Gasteiger charge is 2.31. The predicted octanol–water partition coefficient (Wildman–Crippen LogP) is 3.14. The summed E-state index contributed by atoms with van der Waals surface area (Å²) in [6, 6.07) is 6.98. The Bertz CT molecular complexity index is 1390. The maximum atomic E-state index is 14.5. The third-order valence-corrected chi connectivity index (χ3v) is 6.47. The van der Waals surface area contributed by atoms with Crippen LogP contribution in [-0.4, -0.2) is 51.1 Å². The van der Waals surface area contributed by atoms with E-state index in [1.54, 1.807) is 12.4 Å². The molecule has 2 amide bonds. The lowest BCUT2D eigenvalue weighted by atomic mass is 10.1. The van der Waals surface area contributed by atoms with Gasteiger partial charge < -0.3 is 26.1 Å². The quantitative estimate of drug-likeness (QED) is 0.0930. The van der Waals surface area contributed by atoms with Crippen molar-refractivity contribution in [2.75, 3.05) is 11.9 Å². The average molecular weight is 611 g/mol. The van der Waals surface area contributed by atoms with Crippen LogP contribution in [-0.2, 0) is 35.4 Å². The van der Waals surface area contributed by atoms with Crippen LogP contribution in [0.2, 0.25) is 0 Å². The molecule has 6 N–H and O–H groups in total. The lowest BCUT2D eigenvalue weighted by Crippen LogP contribution is -2.36. The van der Waals surface area contributed by atoms with Crippen molar-refractivity contribution in [3.05, 3.63) is 76.3 Å². The van der Waals surface area contributed by atoms with Gasteiger partial charge in [0.15, 0.2) is 0 Å². The molecule has 0 aliphatic rings. The smallest absolute Gasteiger partial charge is 0.406 e. The molecule has 0 fully saturated rings. The number of pyridine rings is 1. The number of ether oxygens (including phenoxy) is 1. The first-order chi connectivity index (χ1) is 19.9. The number of nitrogens with two attached hydrogens (primary N) is 2. The van der Waals surface area contributed by atoms with Crippen LogP contribution in [0, 0.1) is 0 Å². The molecular weight excluding hydrogens is 580 g/mol. The molecule has 0 aliphatic carbocycles. The SMILES string of the molecule is CCc1cncc(CNC(=O)/C(N)=C/N(N)CC(F)CCc2nnc(NC(=O)Cc3cccc(OC(F)(F)F)c3)s2)c1. The lowest BCUT2D eigenvalue weighted by molar-refractivity contribution is -0.274. The van der Waals surface area contributed by atoms with E-state index in [0.29, 0.717) is 10.6 Å². The van der Waals surface area contributed by atoms with Gasteiger partial charge in [-0.3, -0.25) is 14.6 Å². The molecule has 0 saturated heterocycles. The van der Waals surface area contributed by atoms with Crippen molar-refractivity contribution in [2.24, 2.45) is 11.6 Å². The lowest BCUT2D eigenvalue weighted by Gasteiger charge is -2.17. The fourth-order valence-electron chi connectivity index (χ4n) is 3.61. The fourth-order valence-corrected chi connectivity index (χ4v) is 4.38. The number of benzene rings is 1. The minimum absolute atomic E-state index is 0.0307. The molecule has 2 heterocycles. The van der Waals surface area contributed by atoms with Gasteiger partial charge in [-0.25, -0.2) is 10.2 Å². The Morgan fingerprint density at radius 3 is 2.67 bits per heavy atom. The van der Waals surface area contributed by atoms with E-state index in [2.05, 4.69) is 30.6 Å². The van der Waals surface area contributed by atoms with Crippen LogP contribution >= 0.6 is 11.3 Å². The van der Waals surface area contributed by atoms with E-state index in [9.17, 15) is 27.2 Å². The Hall–Kier alpha value is -4.31. The number of carbonyl (C=O) groups excluding carboxylic acids is 2. The standard InChI is InChI=1S/C26H30F4N8O3S/c1-2-16-8-18(12-33-11-16)13-34-24(40)21(31)15-38(32)14-19(27)6-7-23-36-37-25(42-23)35-22(39)10-17-4-3-5-20(9-17)41-26(28,29)30/h3-5,8-9,11-12,15,19H,2,6-7,10,13-14,31-32H2,1H3,(H,34,40)(H,35,37,39)/b21-15-. The van der Waals surface area contributed by atoms with E-state index in [1.807, 2.05) is 13.0 Å². The Morgan fingerprint density at radius 1 is 1.17 bits per heavy atom. The van der Waals surface area contributed by atoms with Crippen LogP contribution in [0.5, 0.6) is 5.75 Å². The largest absolute Gasteiger partial charge is 0.573 e. The molecule has 0 radical (unpaired) electrons. The number of nitrogens with zero attached hydrogens (tertiary/aromatic N) is 4. The number of amides is 2. The molecule has 3 rings (SSSR count). The van der Waals surface area contributed by atoms with E-state index in [-0.39, 0.29) is 43.2 Å². The molecular formula is C26H30F4N8O3S. The summed E-state index contributed by atoms with van der Waals surface area (Å²) in [7, 11) is 0. The summed E-state index contributed by atoms with van der Waals surface area (Å²) in [6.45, 7) is 1.98. The molecule has 2 aromatic heterocycles. The van der Waals surface area contributed by atoms with E-state index in [0.717, 1.165) is 52.2 Å². The Morgan fingerprint density at radius 2 is 1.93 bits per heavy atom. The number of anilines is 1. The normalized spacial score (nSPS) is 12.5. The highest BCUT2D eigenvalue weighted by Crippen LogP contribution is 2.24. The number of hydrazine groups is 1. The van der Waals surface area contributed by atoms with E-state index in [4.69, 9.17) is 11.6 Å². The van der Waals surface area contributed by atoms with Gasteiger partial charge in [0, 0.05) is 31.6 Å². The fraction of sp³-hybridized carbons (Fsp3) is 0.346. The van der Waals surface area contributed by atoms with E-state index >= 15 is 0 Å². The number of aryl methyl sites for hydroxylation is 2. The monoisotopic (exact) mass is 610 g/mol. The number of halogens is 4. The summed E-state index contributed by atoms with van der Waals surface area (Å²) in [6.07, 6.45) is -0.888. The Kier molecular flexibility index (Phi) is 11.6. The summed E-state index contributed by atoms with van der Waals surface area (Å²) in [4.78, 5) is 28.7. The molecule has 0 spiro atoms. The molecule has 16 heteroatoms. The van der Waals surface area contributed by atoms with Crippen molar-refractivity contribution in [1.29, 1.82) is 0 Å². The molecule has 226 valence electrons. The van der Waals surface area contributed by atoms with Crippen LogP contribution in [0.4, 0.5) is 22.7 Å². The van der Waals surface area contributed by atoms with Gasteiger partial charge in [-0.2, -0.15) is 0 Å². The van der Waals surface area contributed by atoms with Crippen molar-refractivity contribution in [1.82, 2.24) is 25.5 Å². The molecule has 0 aliphatic heterocycles. The van der Waals surface area contributed by atoms with Crippen molar-refractivity contribution >= 4 is 28.3 Å². The van der Waals surface area contributed by atoms with Crippen LogP contribution in [0.1, 0.15) is 35.0 Å². The summed E-state index contributed by atoms with van der Waals surface area (Å²) in [5.41, 5.74) is 7.75. The highest BCUT2D eigenvalue weighted by molar-refractivity contribution is 7.15. The number of nitrogens with one attached hydrogen (secondary N) is 2.